The highest BCUT2D eigenvalue weighted by Crippen LogP contribution is 2.36. The smallest absolute Gasteiger partial charge is 0.132 e. The predicted molar refractivity (Wildman–Crippen MR) is 72.6 cm³/mol. The molecule has 1 aromatic carbocycles. The third-order valence-corrected chi connectivity index (χ3v) is 3.53. The summed E-state index contributed by atoms with van der Waals surface area (Å²) in [6.45, 7) is 4.60. The minimum absolute atomic E-state index is 0.505. The molecule has 2 aromatic rings. The summed E-state index contributed by atoms with van der Waals surface area (Å²) >= 11 is 6.19. The van der Waals surface area contributed by atoms with Crippen LogP contribution in [-0.2, 0) is 12.1 Å². The number of aromatic nitrogens is 2. The molecule has 1 unspecified atom stereocenters. The highest BCUT2D eigenvalue weighted by atomic mass is 35.5. The van der Waals surface area contributed by atoms with Crippen LogP contribution in [0, 0.1) is 0 Å². The third kappa shape index (κ3) is 2.04. The van der Waals surface area contributed by atoms with Gasteiger partial charge in [-0.3, -0.25) is 4.68 Å². The lowest BCUT2D eigenvalue weighted by atomic mass is 9.88. The number of aliphatic hydroxyl groups is 1. The van der Waals surface area contributed by atoms with E-state index in [-0.39, 0.29) is 0 Å². The Bertz CT molecular complexity index is 524. The van der Waals surface area contributed by atoms with E-state index in [2.05, 4.69) is 5.10 Å². The van der Waals surface area contributed by atoms with Crippen molar-refractivity contribution in [1.82, 2.24) is 9.78 Å². The molecule has 0 radical (unpaired) electrons. The van der Waals surface area contributed by atoms with Gasteiger partial charge in [-0.1, -0.05) is 48.9 Å². The van der Waals surface area contributed by atoms with Crippen LogP contribution >= 0.6 is 11.6 Å². The second kappa shape index (κ2) is 5.12. The minimum atomic E-state index is -1.09. The van der Waals surface area contributed by atoms with Crippen LogP contribution in [0.25, 0.3) is 0 Å². The lowest BCUT2D eigenvalue weighted by Gasteiger charge is -2.28. The first kappa shape index (κ1) is 13.1. The molecule has 0 saturated heterocycles. The van der Waals surface area contributed by atoms with Gasteiger partial charge in [0.05, 0.1) is 16.9 Å². The Hall–Kier alpha value is -1.32. The van der Waals surface area contributed by atoms with Crippen LogP contribution < -0.4 is 0 Å². The van der Waals surface area contributed by atoms with Crippen LogP contribution in [0.1, 0.15) is 31.5 Å². The molecule has 1 atom stereocenters. The summed E-state index contributed by atoms with van der Waals surface area (Å²) in [5.41, 5.74) is 0.412. The van der Waals surface area contributed by atoms with Crippen molar-refractivity contribution in [3.8, 4) is 0 Å². The van der Waals surface area contributed by atoms with Crippen LogP contribution in [0.15, 0.2) is 36.5 Å². The lowest BCUT2D eigenvalue weighted by molar-refractivity contribution is 0.0668. The van der Waals surface area contributed by atoms with E-state index in [4.69, 9.17) is 11.6 Å². The van der Waals surface area contributed by atoms with Gasteiger partial charge in [0.25, 0.3) is 0 Å². The van der Waals surface area contributed by atoms with E-state index in [0.29, 0.717) is 23.7 Å². The molecule has 2 rings (SSSR count). The third-order valence-electron chi connectivity index (χ3n) is 3.25. The molecule has 18 heavy (non-hydrogen) atoms. The normalized spacial score (nSPS) is 14.4. The number of hydrogen-bond acceptors (Lipinski definition) is 2. The van der Waals surface area contributed by atoms with Crippen molar-refractivity contribution in [2.45, 2.75) is 32.4 Å². The van der Waals surface area contributed by atoms with E-state index < -0.39 is 5.60 Å². The Morgan fingerprint density at radius 1 is 1.28 bits per heavy atom. The van der Waals surface area contributed by atoms with Gasteiger partial charge in [0, 0.05) is 6.54 Å². The van der Waals surface area contributed by atoms with Crippen molar-refractivity contribution < 1.29 is 5.11 Å². The predicted octanol–water partition coefficient (Wildman–Crippen LogP) is 3.20. The van der Waals surface area contributed by atoms with Gasteiger partial charge in [0.1, 0.15) is 5.60 Å². The highest BCUT2D eigenvalue weighted by Gasteiger charge is 2.35. The Labute approximate surface area is 112 Å². The molecule has 0 aliphatic carbocycles. The molecular weight excluding hydrogens is 248 g/mol. The molecule has 0 bridgehead atoms. The summed E-state index contributed by atoms with van der Waals surface area (Å²) in [7, 11) is 0. The van der Waals surface area contributed by atoms with Crippen molar-refractivity contribution in [1.29, 1.82) is 0 Å². The zero-order valence-electron chi connectivity index (χ0n) is 10.6. The summed E-state index contributed by atoms with van der Waals surface area (Å²) in [4.78, 5) is 0. The average Bonchev–Trinajstić information content (AvgIpc) is 2.80. The highest BCUT2D eigenvalue weighted by molar-refractivity contribution is 6.31. The fraction of sp³-hybridized carbons (Fsp3) is 0.357. The fourth-order valence-corrected chi connectivity index (χ4v) is 2.53. The van der Waals surface area contributed by atoms with Crippen molar-refractivity contribution in [2.24, 2.45) is 0 Å². The zero-order chi connectivity index (χ0) is 13.2. The molecule has 1 N–H and O–H groups in total. The van der Waals surface area contributed by atoms with Crippen molar-refractivity contribution in [2.75, 3.05) is 0 Å². The number of benzene rings is 1. The number of aryl methyl sites for hydroxylation is 1. The quantitative estimate of drug-likeness (QED) is 0.921. The van der Waals surface area contributed by atoms with Crippen LogP contribution in [-0.4, -0.2) is 14.9 Å². The monoisotopic (exact) mass is 264 g/mol. The average molecular weight is 265 g/mol. The molecule has 1 aromatic heterocycles. The minimum Gasteiger partial charge on any atom is -0.379 e. The molecule has 4 heteroatoms. The first-order chi connectivity index (χ1) is 8.63. The molecule has 0 saturated carbocycles. The zero-order valence-corrected chi connectivity index (χ0v) is 11.4. The summed E-state index contributed by atoms with van der Waals surface area (Å²) in [6.07, 6.45) is 2.13. The number of rotatable bonds is 4. The Kier molecular flexibility index (Phi) is 3.73. The van der Waals surface area contributed by atoms with Gasteiger partial charge in [0.15, 0.2) is 0 Å². The van der Waals surface area contributed by atoms with Gasteiger partial charge in [-0.25, -0.2) is 0 Å². The van der Waals surface area contributed by atoms with Gasteiger partial charge < -0.3 is 5.11 Å². The molecule has 0 amide bonds. The first-order valence-corrected chi connectivity index (χ1v) is 6.51. The van der Waals surface area contributed by atoms with Gasteiger partial charge in [-0.2, -0.15) is 5.10 Å². The standard InChI is InChI=1S/C14H17ClN2O/c1-3-14(18,11-8-6-5-7-9-11)13-12(15)10-16-17(13)4-2/h5-10,18H,3-4H2,1-2H3. The van der Waals surface area contributed by atoms with Gasteiger partial charge in [-0.05, 0) is 18.9 Å². The van der Waals surface area contributed by atoms with E-state index in [1.807, 2.05) is 44.2 Å². The van der Waals surface area contributed by atoms with Gasteiger partial charge >= 0.3 is 0 Å². The Morgan fingerprint density at radius 3 is 2.50 bits per heavy atom. The van der Waals surface area contributed by atoms with Gasteiger partial charge in [-0.15, -0.1) is 0 Å². The summed E-state index contributed by atoms with van der Waals surface area (Å²) in [6, 6.07) is 9.57. The van der Waals surface area contributed by atoms with Crippen LogP contribution in [0.4, 0.5) is 0 Å². The van der Waals surface area contributed by atoms with Crippen molar-refractivity contribution in [3.63, 3.8) is 0 Å². The fourth-order valence-electron chi connectivity index (χ4n) is 2.24. The van der Waals surface area contributed by atoms with E-state index in [1.165, 1.54) is 0 Å². The number of nitrogens with zero attached hydrogens (tertiary/aromatic N) is 2. The molecule has 0 aliphatic heterocycles. The molecule has 1 heterocycles. The van der Waals surface area contributed by atoms with Crippen LogP contribution in [0.3, 0.4) is 0 Å². The van der Waals surface area contributed by atoms with Gasteiger partial charge in [0.2, 0.25) is 0 Å². The van der Waals surface area contributed by atoms with Crippen LogP contribution in [0.5, 0.6) is 0 Å². The lowest BCUT2D eigenvalue weighted by Crippen LogP contribution is -2.30. The second-order valence-corrected chi connectivity index (χ2v) is 4.64. The maximum atomic E-state index is 11.0. The van der Waals surface area contributed by atoms with Crippen molar-refractivity contribution in [3.05, 3.63) is 52.8 Å². The maximum absolute atomic E-state index is 11.0. The van der Waals surface area contributed by atoms with E-state index in [9.17, 15) is 5.11 Å². The van der Waals surface area contributed by atoms with E-state index >= 15 is 0 Å². The molecule has 0 aliphatic rings. The first-order valence-electron chi connectivity index (χ1n) is 6.13. The number of hydrogen-bond donors (Lipinski definition) is 1. The summed E-state index contributed by atoms with van der Waals surface area (Å²) in [5, 5.41) is 15.7. The largest absolute Gasteiger partial charge is 0.379 e. The molecule has 3 nitrogen and oxygen atoms in total. The topological polar surface area (TPSA) is 38.0 Å². The maximum Gasteiger partial charge on any atom is 0.132 e. The van der Waals surface area contributed by atoms with Crippen LogP contribution in [0.2, 0.25) is 5.02 Å². The Morgan fingerprint density at radius 2 is 1.94 bits per heavy atom. The summed E-state index contributed by atoms with van der Waals surface area (Å²) in [5.74, 6) is 0. The molecule has 0 fully saturated rings. The molecule has 96 valence electrons. The summed E-state index contributed by atoms with van der Waals surface area (Å²) < 4.78 is 1.75. The van der Waals surface area contributed by atoms with Crippen molar-refractivity contribution >= 4 is 11.6 Å². The van der Waals surface area contributed by atoms with E-state index in [0.717, 1.165) is 5.56 Å². The SMILES string of the molecule is CCn1ncc(Cl)c1C(O)(CC)c1ccccc1. The molecular formula is C14H17ClN2O. The molecule has 0 spiro atoms. The second-order valence-electron chi connectivity index (χ2n) is 4.24. The Balaban J connectivity index is 2.60. The van der Waals surface area contributed by atoms with E-state index in [1.54, 1.807) is 10.9 Å². The number of halogens is 1.